The maximum Gasteiger partial charge on any atom is 0.239 e. The van der Waals surface area contributed by atoms with Crippen LogP contribution in [0.1, 0.15) is 27.8 Å². The zero-order chi connectivity index (χ0) is 32.6. The van der Waals surface area contributed by atoms with Crippen molar-refractivity contribution in [2.45, 2.75) is 32.7 Å². The molecule has 235 valence electrons. The van der Waals surface area contributed by atoms with Crippen LogP contribution in [0.3, 0.4) is 0 Å². The second kappa shape index (κ2) is 32.0. The Hall–Kier alpha value is -5.45. The van der Waals surface area contributed by atoms with E-state index in [0.29, 0.717) is 32.7 Å². The van der Waals surface area contributed by atoms with Crippen LogP contribution in [0, 0.1) is 32.9 Å². The number of rotatable bonds is 5. The van der Waals surface area contributed by atoms with Gasteiger partial charge in [0, 0.05) is 44.9 Å². The fourth-order valence-electron chi connectivity index (χ4n) is 3.37. The molecule has 0 N–H and O–H groups in total. The van der Waals surface area contributed by atoms with Gasteiger partial charge in [0.1, 0.15) is 0 Å². The topological polar surface area (TPSA) is 21.8 Å². The predicted octanol–water partition coefficient (Wildman–Crippen LogP) is 11.1. The van der Waals surface area contributed by atoms with Crippen molar-refractivity contribution in [3.8, 4) is 0 Å². The van der Waals surface area contributed by atoms with Crippen molar-refractivity contribution in [1.82, 2.24) is 0 Å². The smallest absolute Gasteiger partial charge is 0.239 e. The minimum atomic E-state index is 0. The van der Waals surface area contributed by atoms with E-state index in [1.165, 1.54) is 0 Å². The third-order valence-electron chi connectivity index (χ3n) is 5.52. The second-order valence-electron chi connectivity index (χ2n) is 9.01. The molecule has 5 rings (SSSR count). The van der Waals surface area contributed by atoms with Crippen molar-refractivity contribution in [3.63, 3.8) is 0 Å². The molecule has 0 unspecified atom stereocenters. The molecule has 0 aliphatic rings. The SMILES string of the molecule is Br.[C-]#[N+]Cc1ccccc1.[C-]#[N+]Cc1ccccc1.[C-]#[N+]Cc1ccccc1.[C-]#[N+]Cc1ccccc1.[C-]#[N+]Cc1ccccc1.[Mn]. The Morgan fingerprint density at radius 2 is 0.404 bits per heavy atom. The first kappa shape index (κ1) is 43.7. The maximum atomic E-state index is 6.57. The van der Waals surface area contributed by atoms with Gasteiger partial charge in [0.2, 0.25) is 32.7 Å². The minimum Gasteiger partial charge on any atom is -0.312 e. The molecule has 0 saturated heterocycles. The van der Waals surface area contributed by atoms with Gasteiger partial charge in [-0.15, -0.1) is 17.0 Å². The molecule has 0 atom stereocenters. The summed E-state index contributed by atoms with van der Waals surface area (Å²) in [5.41, 5.74) is 5.45. The first-order chi connectivity index (χ1) is 22.2. The Bertz CT molecular complexity index is 1350. The van der Waals surface area contributed by atoms with E-state index in [4.69, 9.17) is 32.9 Å². The molecule has 0 aromatic heterocycles. The molecule has 7 heteroatoms. The summed E-state index contributed by atoms with van der Waals surface area (Å²) in [4.78, 5) is 16.3. The second-order valence-corrected chi connectivity index (χ2v) is 9.01. The molecule has 0 heterocycles. The largest absolute Gasteiger partial charge is 0.312 e. The summed E-state index contributed by atoms with van der Waals surface area (Å²) in [7, 11) is 0. The Morgan fingerprint density at radius 1 is 0.277 bits per heavy atom. The van der Waals surface area contributed by atoms with E-state index < -0.39 is 0 Å². The van der Waals surface area contributed by atoms with E-state index in [9.17, 15) is 0 Å². The number of halogens is 1. The summed E-state index contributed by atoms with van der Waals surface area (Å²) in [5, 5.41) is 0. The van der Waals surface area contributed by atoms with Crippen LogP contribution in [0.15, 0.2) is 152 Å². The average Bonchev–Trinajstić information content (AvgIpc) is 3.09. The molecule has 0 fully saturated rings. The first-order valence-corrected chi connectivity index (χ1v) is 14.0. The van der Waals surface area contributed by atoms with Crippen molar-refractivity contribution in [3.05, 3.63) is 237 Å². The predicted molar refractivity (Wildman–Crippen MR) is 194 cm³/mol. The van der Waals surface area contributed by atoms with Crippen LogP contribution in [-0.4, -0.2) is 0 Å². The van der Waals surface area contributed by atoms with Crippen molar-refractivity contribution in [1.29, 1.82) is 0 Å². The van der Waals surface area contributed by atoms with E-state index in [1.54, 1.807) is 0 Å². The quantitative estimate of drug-likeness (QED) is 0.127. The fourth-order valence-corrected chi connectivity index (χ4v) is 3.37. The zero-order valence-corrected chi connectivity index (χ0v) is 28.9. The molecule has 5 aromatic carbocycles. The van der Waals surface area contributed by atoms with Crippen molar-refractivity contribution >= 4 is 17.0 Å². The van der Waals surface area contributed by atoms with E-state index in [-0.39, 0.29) is 34.1 Å². The van der Waals surface area contributed by atoms with Gasteiger partial charge in [0.15, 0.2) is 0 Å². The molecular weight excluding hydrogens is 685 g/mol. The molecule has 0 bridgehead atoms. The van der Waals surface area contributed by atoms with Crippen molar-refractivity contribution in [2.75, 3.05) is 0 Å². The molecule has 5 aromatic rings. The molecule has 5 nitrogen and oxygen atoms in total. The van der Waals surface area contributed by atoms with Gasteiger partial charge in [-0.3, -0.25) is 0 Å². The molecule has 1 radical (unpaired) electrons. The molecular formula is C40H36BrMnN5. The van der Waals surface area contributed by atoms with E-state index >= 15 is 0 Å². The van der Waals surface area contributed by atoms with Crippen molar-refractivity contribution in [2.24, 2.45) is 0 Å². The van der Waals surface area contributed by atoms with Gasteiger partial charge >= 0.3 is 0 Å². The molecule has 0 aliphatic carbocycles. The third kappa shape index (κ3) is 24.5. The van der Waals surface area contributed by atoms with Crippen LogP contribution in [0.2, 0.25) is 0 Å². The Morgan fingerprint density at radius 3 is 0.511 bits per heavy atom. The summed E-state index contributed by atoms with van der Waals surface area (Å²) < 4.78 is 0. The number of benzene rings is 5. The van der Waals surface area contributed by atoms with Gasteiger partial charge in [0.25, 0.3) is 0 Å². The van der Waals surface area contributed by atoms with Gasteiger partial charge in [-0.25, -0.2) is 32.9 Å². The summed E-state index contributed by atoms with van der Waals surface area (Å²) in [6.45, 7) is 35.3. The van der Waals surface area contributed by atoms with E-state index in [1.807, 2.05) is 152 Å². The van der Waals surface area contributed by atoms with Crippen LogP contribution >= 0.6 is 17.0 Å². The monoisotopic (exact) mass is 720 g/mol. The normalized spacial score (nSPS) is 7.98. The molecule has 0 amide bonds. The molecule has 47 heavy (non-hydrogen) atoms. The summed E-state index contributed by atoms with van der Waals surface area (Å²) in [6, 6.07) is 48.8. The molecule has 0 saturated carbocycles. The number of nitrogens with zero attached hydrogens (tertiary/aromatic N) is 5. The van der Waals surface area contributed by atoms with Gasteiger partial charge in [-0.1, -0.05) is 152 Å². The standard InChI is InChI=1S/5C8H7N.BrH.Mn/c5*1-9-7-8-5-3-2-4-6-8;;/h5*2-6H,7H2;1H;. The van der Waals surface area contributed by atoms with Crippen LogP contribution in [0.5, 0.6) is 0 Å². The summed E-state index contributed by atoms with van der Waals surface area (Å²) in [6.07, 6.45) is 0. The maximum absolute atomic E-state index is 6.57. The Kier molecular flexibility index (Phi) is 29.7. The van der Waals surface area contributed by atoms with Gasteiger partial charge in [-0.2, -0.15) is 0 Å². The van der Waals surface area contributed by atoms with Gasteiger partial charge in [0.05, 0.1) is 0 Å². The van der Waals surface area contributed by atoms with E-state index in [0.717, 1.165) is 27.8 Å². The fraction of sp³-hybridized carbons (Fsp3) is 0.125. The number of hydrogen-bond acceptors (Lipinski definition) is 0. The van der Waals surface area contributed by atoms with Crippen LogP contribution < -0.4 is 0 Å². The van der Waals surface area contributed by atoms with Crippen LogP contribution in [0.25, 0.3) is 24.2 Å². The third-order valence-corrected chi connectivity index (χ3v) is 5.52. The zero-order valence-electron chi connectivity index (χ0n) is 26.0. The first-order valence-electron chi connectivity index (χ1n) is 14.0. The van der Waals surface area contributed by atoms with E-state index in [2.05, 4.69) is 24.2 Å². The molecule has 0 aliphatic heterocycles. The van der Waals surface area contributed by atoms with Crippen molar-refractivity contribution < 1.29 is 17.1 Å². The Labute approximate surface area is 301 Å². The summed E-state index contributed by atoms with van der Waals surface area (Å²) >= 11 is 0. The van der Waals surface area contributed by atoms with Crippen LogP contribution in [-0.2, 0) is 49.8 Å². The average molecular weight is 722 g/mol. The van der Waals surface area contributed by atoms with Crippen LogP contribution in [0.4, 0.5) is 0 Å². The number of hydrogen-bond donors (Lipinski definition) is 0. The minimum absolute atomic E-state index is 0. The molecule has 0 spiro atoms. The van der Waals surface area contributed by atoms with Gasteiger partial charge in [-0.05, 0) is 0 Å². The Balaban J connectivity index is 0. The summed E-state index contributed by atoms with van der Waals surface area (Å²) in [5.74, 6) is 0. The van der Waals surface area contributed by atoms with Gasteiger partial charge < -0.3 is 24.2 Å².